The second-order valence-electron chi connectivity index (χ2n) is 9.82. The summed E-state index contributed by atoms with van der Waals surface area (Å²) in [4.78, 5) is 37.9. The molecule has 2 aromatic rings. The molecule has 0 radical (unpaired) electrons. The lowest BCUT2D eigenvalue weighted by Crippen LogP contribution is -2.33. The van der Waals surface area contributed by atoms with E-state index >= 15 is 0 Å². The molecule has 0 saturated carbocycles. The standard InChI is InChI=1S/C26H35F3N6O4S2/c1-25(2,3)39-24(38)32-10-11-41-22-18(34-21(36)6-4-5-9-30)12-15(26(27,28)29)13-19(22)35-23(37)33-16-7-8-17(31)20(40)14-16/h7-8,12-14,40H,4-6,9-11,30-31H2,1-3H3,(H,32,38)(H,34,36)(H2,33,35,37). The van der Waals surface area contributed by atoms with Gasteiger partial charge in [0.05, 0.1) is 21.8 Å². The van der Waals surface area contributed by atoms with Crippen molar-refractivity contribution in [1.82, 2.24) is 5.32 Å². The highest BCUT2D eigenvalue weighted by Crippen LogP contribution is 2.41. The number of urea groups is 1. The number of rotatable bonds is 11. The van der Waals surface area contributed by atoms with Crippen molar-refractivity contribution in [2.24, 2.45) is 5.73 Å². The molecule has 226 valence electrons. The Balaban J connectivity index is 2.36. The third-order valence-corrected chi connectivity index (χ3v) is 6.63. The van der Waals surface area contributed by atoms with Gasteiger partial charge in [-0.1, -0.05) is 0 Å². The predicted octanol–water partition coefficient (Wildman–Crippen LogP) is 5.90. The summed E-state index contributed by atoms with van der Waals surface area (Å²) < 4.78 is 46.6. The van der Waals surface area contributed by atoms with Gasteiger partial charge in [-0.15, -0.1) is 24.4 Å². The number of hydrogen-bond donors (Lipinski definition) is 7. The molecule has 0 atom stereocenters. The van der Waals surface area contributed by atoms with E-state index in [9.17, 15) is 27.6 Å². The lowest BCUT2D eigenvalue weighted by molar-refractivity contribution is -0.137. The molecule has 0 bridgehead atoms. The maximum Gasteiger partial charge on any atom is 0.416 e. The number of carbonyl (C=O) groups is 3. The molecular formula is C26H35F3N6O4S2. The number of ether oxygens (including phenoxy) is 1. The van der Waals surface area contributed by atoms with E-state index in [4.69, 9.17) is 16.2 Å². The summed E-state index contributed by atoms with van der Waals surface area (Å²) in [5.41, 5.74) is 9.75. The summed E-state index contributed by atoms with van der Waals surface area (Å²) in [6, 6.07) is 5.25. The number of unbranched alkanes of at least 4 members (excludes halogenated alkanes) is 1. The lowest BCUT2D eigenvalue weighted by Gasteiger charge is -2.21. The van der Waals surface area contributed by atoms with Crippen molar-refractivity contribution in [1.29, 1.82) is 0 Å². The summed E-state index contributed by atoms with van der Waals surface area (Å²) in [5, 5.41) is 10.1. The third kappa shape index (κ3) is 12.0. The van der Waals surface area contributed by atoms with E-state index in [2.05, 4.69) is 33.9 Å². The van der Waals surface area contributed by atoms with Gasteiger partial charge in [-0.2, -0.15) is 13.2 Å². The van der Waals surface area contributed by atoms with Gasteiger partial charge in [0.2, 0.25) is 5.91 Å². The van der Waals surface area contributed by atoms with Crippen LogP contribution in [0.2, 0.25) is 0 Å². The van der Waals surface area contributed by atoms with Gasteiger partial charge >= 0.3 is 18.3 Å². The van der Waals surface area contributed by atoms with Crippen LogP contribution in [0.15, 0.2) is 40.1 Å². The molecule has 0 aliphatic heterocycles. The topological polar surface area (TPSA) is 161 Å². The minimum atomic E-state index is -4.77. The van der Waals surface area contributed by atoms with E-state index in [-0.39, 0.29) is 35.0 Å². The van der Waals surface area contributed by atoms with Crippen LogP contribution < -0.4 is 32.7 Å². The van der Waals surface area contributed by atoms with Crippen LogP contribution in [0.1, 0.15) is 45.6 Å². The highest BCUT2D eigenvalue weighted by molar-refractivity contribution is 7.99. The number of thioether (sulfide) groups is 1. The number of hydrogen-bond acceptors (Lipinski definition) is 8. The number of nitrogens with two attached hydrogens (primary N) is 2. The maximum atomic E-state index is 13.8. The summed E-state index contributed by atoms with van der Waals surface area (Å²) in [6.07, 6.45) is -4.37. The molecule has 2 aromatic carbocycles. The second-order valence-corrected chi connectivity index (χ2v) is 11.4. The SMILES string of the molecule is CC(C)(C)OC(=O)NCCSc1c(NC(=O)CCCCN)cc(C(F)(F)F)cc1NC(=O)Nc1ccc(N)c(S)c1. The summed E-state index contributed by atoms with van der Waals surface area (Å²) >= 11 is 5.23. The highest BCUT2D eigenvalue weighted by Gasteiger charge is 2.33. The number of amides is 4. The van der Waals surface area contributed by atoms with Crippen molar-refractivity contribution in [3.05, 3.63) is 35.9 Å². The van der Waals surface area contributed by atoms with Gasteiger partial charge in [0.15, 0.2) is 0 Å². The quantitative estimate of drug-likeness (QED) is 0.0715. The van der Waals surface area contributed by atoms with Crippen molar-refractivity contribution < 1.29 is 32.3 Å². The minimum absolute atomic E-state index is 0.0458. The Labute approximate surface area is 246 Å². The Bertz CT molecular complexity index is 1240. The first-order chi connectivity index (χ1) is 19.1. The molecule has 0 fully saturated rings. The van der Waals surface area contributed by atoms with Crippen molar-refractivity contribution in [3.8, 4) is 0 Å². The van der Waals surface area contributed by atoms with E-state index in [1.54, 1.807) is 20.8 Å². The van der Waals surface area contributed by atoms with Crippen molar-refractivity contribution >= 4 is 65.2 Å². The van der Waals surface area contributed by atoms with E-state index in [1.807, 2.05) is 0 Å². The van der Waals surface area contributed by atoms with Crippen LogP contribution in [0.4, 0.5) is 45.5 Å². The Kier molecular flexibility index (Phi) is 12.5. The molecule has 0 spiro atoms. The molecule has 0 aliphatic rings. The van der Waals surface area contributed by atoms with Crippen LogP contribution in [-0.2, 0) is 15.7 Å². The Morgan fingerprint density at radius 3 is 2.24 bits per heavy atom. The molecule has 0 heterocycles. The highest BCUT2D eigenvalue weighted by atomic mass is 32.2. The third-order valence-electron chi connectivity index (χ3n) is 5.10. The number of alkyl halides is 3. The molecule has 4 amide bonds. The first kappa shape index (κ1) is 33.9. The zero-order valence-electron chi connectivity index (χ0n) is 22.9. The smallest absolute Gasteiger partial charge is 0.416 e. The first-order valence-corrected chi connectivity index (χ1v) is 14.0. The van der Waals surface area contributed by atoms with Crippen LogP contribution in [0, 0.1) is 0 Å². The van der Waals surface area contributed by atoms with Crippen LogP contribution in [0.3, 0.4) is 0 Å². The summed E-state index contributed by atoms with van der Waals surface area (Å²) in [5.74, 6) is -0.331. The first-order valence-electron chi connectivity index (χ1n) is 12.6. The van der Waals surface area contributed by atoms with Crippen molar-refractivity contribution in [3.63, 3.8) is 0 Å². The number of nitrogen functional groups attached to an aromatic ring is 1. The molecule has 2 rings (SSSR count). The normalized spacial score (nSPS) is 11.5. The van der Waals surface area contributed by atoms with E-state index in [0.29, 0.717) is 35.7 Å². The van der Waals surface area contributed by atoms with Gasteiger partial charge in [0.1, 0.15) is 5.60 Å². The molecule has 0 aliphatic carbocycles. The monoisotopic (exact) mass is 616 g/mol. The largest absolute Gasteiger partial charge is 0.444 e. The molecule has 0 saturated heterocycles. The zero-order chi connectivity index (χ0) is 30.8. The minimum Gasteiger partial charge on any atom is -0.444 e. The van der Waals surface area contributed by atoms with Gasteiger partial charge in [-0.25, -0.2) is 9.59 Å². The fraction of sp³-hybridized carbons (Fsp3) is 0.423. The van der Waals surface area contributed by atoms with Crippen molar-refractivity contribution in [2.45, 2.75) is 61.6 Å². The van der Waals surface area contributed by atoms with Crippen LogP contribution >= 0.6 is 24.4 Å². The Morgan fingerprint density at radius 1 is 1.00 bits per heavy atom. The number of carbonyl (C=O) groups excluding carboxylic acids is 3. The molecule has 15 heteroatoms. The summed E-state index contributed by atoms with van der Waals surface area (Å²) in [7, 11) is 0. The number of anilines is 4. The fourth-order valence-electron chi connectivity index (χ4n) is 3.30. The zero-order valence-corrected chi connectivity index (χ0v) is 24.6. The number of thiol groups is 1. The van der Waals surface area contributed by atoms with Gasteiger partial charge in [0.25, 0.3) is 0 Å². The van der Waals surface area contributed by atoms with Gasteiger partial charge in [-0.05, 0) is 70.5 Å². The average molecular weight is 617 g/mol. The van der Waals surface area contributed by atoms with E-state index in [0.717, 1.165) is 23.9 Å². The van der Waals surface area contributed by atoms with Crippen LogP contribution in [0.25, 0.3) is 0 Å². The number of alkyl carbamates (subject to hydrolysis) is 1. The van der Waals surface area contributed by atoms with Gasteiger partial charge in [-0.3, -0.25) is 4.79 Å². The lowest BCUT2D eigenvalue weighted by atomic mass is 10.1. The number of nitrogens with one attached hydrogen (secondary N) is 4. The Morgan fingerprint density at radius 2 is 1.66 bits per heavy atom. The average Bonchev–Trinajstić information content (AvgIpc) is 2.83. The van der Waals surface area contributed by atoms with Gasteiger partial charge in [0, 0.05) is 35.0 Å². The Hall–Kier alpha value is -3.30. The maximum absolute atomic E-state index is 13.8. The molecule has 10 nitrogen and oxygen atoms in total. The molecule has 8 N–H and O–H groups in total. The molecule has 0 unspecified atom stereocenters. The van der Waals surface area contributed by atoms with E-state index < -0.39 is 35.4 Å². The number of benzene rings is 2. The number of halogens is 3. The van der Waals surface area contributed by atoms with Crippen LogP contribution in [-0.4, -0.2) is 42.5 Å². The fourth-order valence-corrected chi connectivity index (χ4v) is 4.46. The predicted molar refractivity (Wildman–Crippen MR) is 159 cm³/mol. The van der Waals surface area contributed by atoms with Crippen LogP contribution in [0.5, 0.6) is 0 Å². The second kappa shape index (κ2) is 15.1. The molecular weight excluding hydrogens is 581 g/mol. The molecule has 0 aromatic heterocycles. The van der Waals surface area contributed by atoms with Crippen molar-refractivity contribution in [2.75, 3.05) is 40.5 Å². The molecule has 41 heavy (non-hydrogen) atoms. The van der Waals surface area contributed by atoms with Gasteiger partial charge < -0.3 is 37.5 Å². The summed E-state index contributed by atoms with van der Waals surface area (Å²) in [6.45, 7) is 5.57. The van der Waals surface area contributed by atoms with E-state index in [1.165, 1.54) is 18.2 Å².